The van der Waals surface area contributed by atoms with E-state index in [0.29, 0.717) is 0 Å². The van der Waals surface area contributed by atoms with Crippen molar-refractivity contribution < 1.29 is 9.47 Å². The van der Waals surface area contributed by atoms with Gasteiger partial charge in [-0.15, -0.1) is 0 Å². The van der Waals surface area contributed by atoms with Gasteiger partial charge in [0, 0.05) is 7.11 Å². The molecule has 1 aliphatic carbocycles. The molecule has 1 aliphatic heterocycles. The summed E-state index contributed by atoms with van der Waals surface area (Å²) < 4.78 is 11.3. The highest BCUT2D eigenvalue weighted by Gasteiger charge is 2.38. The summed E-state index contributed by atoms with van der Waals surface area (Å²) in [6.45, 7) is 0. The highest BCUT2D eigenvalue weighted by Crippen LogP contribution is 2.40. The molecule has 13 heavy (non-hydrogen) atoms. The monoisotopic (exact) mass is 184 g/mol. The minimum atomic E-state index is 0.0758. The largest absolute Gasteiger partial charge is 0.356 e. The summed E-state index contributed by atoms with van der Waals surface area (Å²) in [6, 6.07) is 0. The fraction of sp³-hybridized carbons (Fsp3) is 1.00. The van der Waals surface area contributed by atoms with E-state index in [1.807, 2.05) is 0 Å². The average Bonchev–Trinajstić information content (AvgIpc) is 2.19. The maximum atomic E-state index is 6.04. The average molecular weight is 184 g/mol. The van der Waals surface area contributed by atoms with Crippen LogP contribution in [0.25, 0.3) is 0 Å². The van der Waals surface area contributed by atoms with Crippen molar-refractivity contribution in [3.63, 3.8) is 0 Å². The lowest BCUT2D eigenvalue weighted by Gasteiger charge is -2.43. The molecule has 0 bridgehead atoms. The Morgan fingerprint density at radius 1 is 1.08 bits per heavy atom. The van der Waals surface area contributed by atoms with Gasteiger partial charge >= 0.3 is 0 Å². The Hall–Kier alpha value is -0.0800. The third-order valence-electron chi connectivity index (χ3n) is 3.48. The van der Waals surface area contributed by atoms with Crippen LogP contribution in [0.15, 0.2) is 0 Å². The smallest absolute Gasteiger partial charge is 0.157 e. The molecule has 76 valence electrons. The van der Waals surface area contributed by atoms with Gasteiger partial charge in [0.2, 0.25) is 0 Å². The lowest BCUT2D eigenvalue weighted by molar-refractivity contribution is -0.235. The summed E-state index contributed by atoms with van der Waals surface area (Å²) in [5.74, 6) is 0. The summed E-state index contributed by atoms with van der Waals surface area (Å²) in [4.78, 5) is 0. The maximum Gasteiger partial charge on any atom is 0.157 e. The summed E-state index contributed by atoms with van der Waals surface area (Å²) in [6.07, 6.45) is 10.3. The number of hydrogen-bond donors (Lipinski definition) is 0. The lowest BCUT2D eigenvalue weighted by Crippen LogP contribution is -2.42. The molecule has 2 aliphatic rings. The second-order valence-corrected chi connectivity index (χ2v) is 4.42. The highest BCUT2D eigenvalue weighted by molar-refractivity contribution is 4.87. The van der Waals surface area contributed by atoms with E-state index in [2.05, 4.69) is 0 Å². The van der Waals surface area contributed by atoms with Gasteiger partial charge in [-0.05, 0) is 32.1 Å². The highest BCUT2D eigenvalue weighted by atomic mass is 16.7. The van der Waals surface area contributed by atoms with Crippen molar-refractivity contribution in [2.24, 2.45) is 0 Å². The zero-order valence-corrected chi connectivity index (χ0v) is 8.55. The summed E-state index contributed by atoms with van der Waals surface area (Å²) in [5, 5.41) is 0. The summed E-state index contributed by atoms with van der Waals surface area (Å²) in [5.41, 5.74) is 0.206. The van der Waals surface area contributed by atoms with E-state index >= 15 is 0 Å². The molecule has 0 amide bonds. The van der Waals surface area contributed by atoms with Crippen molar-refractivity contribution in [1.29, 1.82) is 0 Å². The van der Waals surface area contributed by atoms with Crippen LogP contribution in [0.3, 0.4) is 0 Å². The molecule has 1 atom stereocenters. The van der Waals surface area contributed by atoms with Crippen molar-refractivity contribution in [2.75, 3.05) is 7.11 Å². The fourth-order valence-corrected chi connectivity index (χ4v) is 2.72. The first-order valence-electron chi connectivity index (χ1n) is 5.55. The second kappa shape index (κ2) is 3.97. The van der Waals surface area contributed by atoms with Gasteiger partial charge in [-0.25, -0.2) is 0 Å². The molecule has 0 aromatic heterocycles. The predicted molar refractivity (Wildman–Crippen MR) is 51.5 cm³/mol. The van der Waals surface area contributed by atoms with Gasteiger partial charge in [-0.1, -0.05) is 19.3 Å². The second-order valence-electron chi connectivity index (χ2n) is 4.42. The molecular weight excluding hydrogens is 164 g/mol. The lowest BCUT2D eigenvalue weighted by atomic mass is 9.79. The first-order valence-corrected chi connectivity index (χ1v) is 5.55. The van der Waals surface area contributed by atoms with Gasteiger partial charge in [0.15, 0.2) is 6.29 Å². The van der Waals surface area contributed by atoms with Crippen molar-refractivity contribution in [1.82, 2.24) is 0 Å². The predicted octanol–water partition coefficient (Wildman–Crippen LogP) is 2.86. The normalized spacial score (nSPS) is 33.5. The molecule has 0 aromatic carbocycles. The van der Waals surface area contributed by atoms with E-state index in [9.17, 15) is 0 Å². The van der Waals surface area contributed by atoms with Gasteiger partial charge in [0.1, 0.15) is 0 Å². The van der Waals surface area contributed by atoms with Gasteiger partial charge in [-0.3, -0.25) is 0 Å². The Balaban J connectivity index is 1.95. The van der Waals surface area contributed by atoms with Crippen LogP contribution in [-0.2, 0) is 9.47 Å². The molecule has 2 heteroatoms. The zero-order chi connectivity index (χ0) is 9.15. The molecule has 1 saturated heterocycles. The van der Waals surface area contributed by atoms with Crippen LogP contribution >= 0.6 is 0 Å². The van der Waals surface area contributed by atoms with Crippen LogP contribution in [-0.4, -0.2) is 19.0 Å². The van der Waals surface area contributed by atoms with Gasteiger partial charge < -0.3 is 9.47 Å². The minimum absolute atomic E-state index is 0.0758. The van der Waals surface area contributed by atoms with Gasteiger partial charge in [0.25, 0.3) is 0 Å². The van der Waals surface area contributed by atoms with Gasteiger partial charge in [-0.2, -0.15) is 0 Å². The Morgan fingerprint density at radius 3 is 2.46 bits per heavy atom. The fourth-order valence-electron chi connectivity index (χ4n) is 2.72. The molecule has 2 rings (SSSR count). The number of hydrogen-bond acceptors (Lipinski definition) is 2. The standard InChI is InChI=1S/C11H20O2/c1-12-10-6-5-9-11(13-10)7-3-2-4-8-11/h10H,2-9H2,1H3. The number of ether oxygens (including phenoxy) is 2. The van der Waals surface area contributed by atoms with Crippen molar-refractivity contribution in [3.05, 3.63) is 0 Å². The Morgan fingerprint density at radius 2 is 1.77 bits per heavy atom. The molecule has 1 unspecified atom stereocenters. The number of rotatable bonds is 1. The minimum Gasteiger partial charge on any atom is -0.356 e. The van der Waals surface area contributed by atoms with Crippen molar-refractivity contribution in [3.8, 4) is 0 Å². The molecule has 0 radical (unpaired) electrons. The van der Waals surface area contributed by atoms with E-state index in [1.54, 1.807) is 7.11 Å². The first kappa shape index (κ1) is 9.47. The molecule has 0 aromatic rings. The van der Waals surface area contributed by atoms with E-state index in [-0.39, 0.29) is 11.9 Å². The summed E-state index contributed by atoms with van der Waals surface area (Å²) in [7, 11) is 1.76. The van der Waals surface area contributed by atoms with Crippen LogP contribution in [0.2, 0.25) is 0 Å². The van der Waals surface area contributed by atoms with Crippen molar-refractivity contribution >= 4 is 0 Å². The van der Waals surface area contributed by atoms with Crippen LogP contribution in [0.5, 0.6) is 0 Å². The Bertz CT molecular complexity index is 156. The maximum absolute atomic E-state index is 6.04. The zero-order valence-electron chi connectivity index (χ0n) is 8.55. The molecule has 2 nitrogen and oxygen atoms in total. The van der Waals surface area contributed by atoms with Crippen LogP contribution in [0.4, 0.5) is 0 Å². The topological polar surface area (TPSA) is 18.5 Å². The van der Waals surface area contributed by atoms with E-state index in [4.69, 9.17) is 9.47 Å². The molecule has 2 fully saturated rings. The van der Waals surface area contributed by atoms with Crippen LogP contribution in [0.1, 0.15) is 51.4 Å². The van der Waals surface area contributed by atoms with Crippen LogP contribution < -0.4 is 0 Å². The first-order chi connectivity index (χ1) is 6.35. The van der Waals surface area contributed by atoms with E-state index < -0.39 is 0 Å². The Labute approximate surface area is 80.6 Å². The third-order valence-corrected chi connectivity index (χ3v) is 3.48. The van der Waals surface area contributed by atoms with Crippen LogP contribution in [0, 0.1) is 0 Å². The summed E-state index contributed by atoms with van der Waals surface area (Å²) >= 11 is 0. The molecule has 1 saturated carbocycles. The third kappa shape index (κ3) is 2.05. The van der Waals surface area contributed by atoms with Gasteiger partial charge in [0.05, 0.1) is 5.60 Å². The molecule has 1 spiro atoms. The quantitative estimate of drug-likeness (QED) is 0.624. The number of methoxy groups -OCH3 is 1. The molecule has 0 N–H and O–H groups in total. The Kier molecular flexibility index (Phi) is 2.89. The SMILES string of the molecule is COC1CCCC2(CCCCC2)O1. The molecular formula is C11H20O2. The van der Waals surface area contributed by atoms with E-state index in [1.165, 1.54) is 44.9 Å². The van der Waals surface area contributed by atoms with E-state index in [0.717, 1.165) is 6.42 Å². The molecule has 1 heterocycles. The van der Waals surface area contributed by atoms with Crippen molar-refractivity contribution in [2.45, 2.75) is 63.3 Å².